The van der Waals surface area contributed by atoms with E-state index in [-0.39, 0.29) is 11.5 Å². The molecule has 0 aliphatic carbocycles. The molecule has 2 aliphatic rings. The molecule has 0 N–H and O–H groups in total. The highest BCUT2D eigenvalue weighted by atomic mass is 35.5. The SMILES string of the molecule is COCCN1COc2ccc3c(c2C1)O/C(=C\c1c(Cl)cccc1Cl)C3=O. The summed E-state index contributed by atoms with van der Waals surface area (Å²) in [5, 5.41) is 0.914. The lowest BCUT2D eigenvalue weighted by atomic mass is 10.0. The molecule has 0 atom stereocenters. The molecule has 140 valence electrons. The fourth-order valence-corrected chi connectivity index (χ4v) is 3.65. The normalized spacial score (nSPS) is 17.4. The predicted octanol–water partition coefficient (Wildman–Crippen LogP) is 4.41. The summed E-state index contributed by atoms with van der Waals surface area (Å²) in [6.07, 6.45) is 1.59. The molecule has 0 saturated carbocycles. The van der Waals surface area contributed by atoms with Crippen molar-refractivity contribution in [3.63, 3.8) is 0 Å². The summed E-state index contributed by atoms with van der Waals surface area (Å²) < 4.78 is 16.9. The van der Waals surface area contributed by atoms with Crippen LogP contribution in [-0.2, 0) is 11.3 Å². The first-order valence-electron chi connectivity index (χ1n) is 8.46. The van der Waals surface area contributed by atoms with Crippen LogP contribution in [0.15, 0.2) is 36.1 Å². The van der Waals surface area contributed by atoms with Crippen molar-refractivity contribution in [2.24, 2.45) is 0 Å². The number of carbonyl (C=O) groups excluding carboxylic acids is 1. The number of allylic oxidation sites excluding steroid dienone is 1. The van der Waals surface area contributed by atoms with E-state index in [1.807, 2.05) is 6.07 Å². The highest BCUT2D eigenvalue weighted by molar-refractivity contribution is 6.37. The Kier molecular flexibility index (Phi) is 5.10. The number of carbonyl (C=O) groups is 1. The van der Waals surface area contributed by atoms with E-state index >= 15 is 0 Å². The average molecular weight is 406 g/mol. The van der Waals surface area contributed by atoms with Gasteiger partial charge in [0.25, 0.3) is 0 Å². The molecule has 7 heteroatoms. The van der Waals surface area contributed by atoms with Crippen LogP contribution in [0.4, 0.5) is 0 Å². The van der Waals surface area contributed by atoms with Gasteiger partial charge in [0.15, 0.2) is 5.76 Å². The van der Waals surface area contributed by atoms with E-state index in [0.29, 0.717) is 46.8 Å². The quantitative estimate of drug-likeness (QED) is 0.705. The lowest BCUT2D eigenvalue weighted by Crippen LogP contribution is -2.34. The van der Waals surface area contributed by atoms with Crippen molar-refractivity contribution in [1.82, 2.24) is 4.90 Å². The van der Waals surface area contributed by atoms with Gasteiger partial charge in [0.1, 0.15) is 18.2 Å². The summed E-state index contributed by atoms with van der Waals surface area (Å²) >= 11 is 12.4. The topological polar surface area (TPSA) is 48.0 Å². The van der Waals surface area contributed by atoms with Crippen molar-refractivity contribution in [1.29, 1.82) is 0 Å². The number of halogens is 2. The van der Waals surface area contributed by atoms with Crippen molar-refractivity contribution < 1.29 is 19.0 Å². The third-order valence-electron chi connectivity index (χ3n) is 4.57. The molecular weight excluding hydrogens is 389 g/mol. The first kappa shape index (κ1) is 18.3. The third-order valence-corrected chi connectivity index (χ3v) is 5.23. The Bertz CT molecular complexity index is 922. The van der Waals surface area contributed by atoms with E-state index in [0.717, 1.165) is 17.9 Å². The number of hydrogen-bond donors (Lipinski definition) is 0. The molecule has 2 aromatic carbocycles. The van der Waals surface area contributed by atoms with Gasteiger partial charge in [0.05, 0.1) is 17.7 Å². The highest BCUT2D eigenvalue weighted by Gasteiger charge is 2.33. The van der Waals surface area contributed by atoms with Gasteiger partial charge in [-0.05, 0) is 30.3 Å². The van der Waals surface area contributed by atoms with Crippen molar-refractivity contribution in [3.05, 3.63) is 62.8 Å². The van der Waals surface area contributed by atoms with Crippen LogP contribution < -0.4 is 9.47 Å². The molecule has 27 heavy (non-hydrogen) atoms. The van der Waals surface area contributed by atoms with Gasteiger partial charge in [0, 0.05) is 35.8 Å². The van der Waals surface area contributed by atoms with E-state index in [4.69, 9.17) is 37.4 Å². The molecule has 0 bridgehead atoms. The number of hydrogen-bond acceptors (Lipinski definition) is 5. The second-order valence-corrected chi connectivity index (χ2v) is 7.13. The molecule has 0 amide bonds. The number of Topliss-reactive ketones (excluding diaryl/α,β-unsaturated/α-hetero) is 1. The van der Waals surface area contributed by atoms with Crippen LogP contribution in [0.5, 0.6) is 11.5 Å². The molecular formula is C20H17Cl2NO4. The van der Waals surface area contributed by atoms with Crippen LogP contribution in [-0.4, -0.2) is 37.7 Å². The molecule has 5 nitrogen and oxygen atoms in total. The highest BCUT2D eigenvalue weighted by Crippen LogP contribution is 2.42. The van der Waals surface area contributed by atoms with Crippen LogP contribution in [0.1, 0.15) is 21.5 Å². The summed E-state index contributed by atoms with van der Waals surface area (Å²) in [5.74, 6) is 1.27. The van der Waals surface area contributed by atoms with Crippen molar-refractivity contribution in [2.75, 3.05) is 27.0 Å². The van der Waals surface area contributed by atoms with E-state index in [2.05, 4.69) is 4.90 Å². The number of rotatable bonds is 4. The fourth-order valence-electron chi connectivity index (χ4n) is 3.15. The Hall–Kier alpha value is -2.05. The van der Waals surface area contributed by atoms with E-state index in [1.54, 1.807) is 37.5 Å². The van der Waals surface area contributed by atoms with E-state index in [9.17, 15) is 4.79 Å². The summed E-state index contributed by atoms with van der Waals surface area (Å²) in [6, 6.07) is 8.73. The van der Waals surface area contributed by atoms with E-state index < -0.39 is 0 Å². The summed E-state index contributed by atoms with van der Waals surface area (Å²) in [6.45, 7) is 2.42. The molecule has 0 unspecified atom stereocenters. The Morgan fingerprint density at radius 3 is 2.74 bits per heavy atom. The Labute approximate surface area is 167 Å². The maximum Gasteiger partial charge on any atom is 0.231 e. The summed E-state index contributed by atoms with van der Waals surface area (Å²) in [5.41, 5.74) is 1.93. The lowest BCUT2D eigenvalue weighted by molar-refractivity contribution is 0.0646. The van der Waals surface area contributed by atoms with Crippen LogP contribution in [0.3, 0.4) is 0 Å². The number of benzene rings is 2. The molecule has 4 rings (SSSR count). The van der Waals surface area contributed by atoms with Crippen molar-refractivity contribution in [3.8, 4) is 11.5 Å². The summed E-state index contributed by atoms with van der Waals surface area (Å²) in [4.78, 5) is 14.9. The minimum atomic E-state index is -0.196. The fraction of sp³-hybridized carbons (Fsp3) is 0.250. The first-order chi connectivity index (χ1) is 13.1. The van der Waals surface area contributed by atoms with Crippen molar-refractivity contribution >= 4 is 35.1 Å². The second-order valence-electron chi connectivity index (χ2n) is 6.31. The third kappa shape index (κ3) is 3.44. The molecule has 2 aliphatic heterocycles. The largest absolute Gasteiger partial charge is 0.478 e. The number of ether oxygens (including phenoxy) is 3. The Morgan fingerprint density at radius 1 is 1.22 bits per heavy atom. The van der Waals surface area contributed by atoms with Gasteiger partial charge in [-0.2, -0.15) is 0 Å². The van der Waals surface area contributed by atoms with Crippen LogP contribution in [0.25, 0.3) is 6.08 Å². The lowest BCUT2D eigenvalue weighted by Gasteiger charge is -2.29. The van der Waals surface area contributed by atoms with Gasteiger partial charge in [-0.3, -0.25) is 9.69 Å². The standard InChI is InChI=1S/C20H17Cl2NO4/c1-25-8-7-23-10-14-17(26-11-23)6-5-12-19(24)18(27-20(12)14)9-13-15(21)3-2-4-16(13)22/h2-6,9H,7-8,10-11H2,1H3/b18-9-. The van der Waals surface area contributed by atoms with Gasteiger partial charge in [-0.25, -0.2) is 0 Å². The molecule has 2 heterocycles. The van der Waals surface area contributed by atoms with Gasteiger partial charge in [-0.15, -0.1) is 0 Å². The molecule has 0 spiro atoms. The molecule has 0 saturated heterocycles. The first-order valence-corrected chi connectivity index (χ1v) is 9.22. The zero-order chi connectivity index (χ0) is 19.0. The molecule has 0 radical (unpaired) electrons. The number of fused-ring (bicyclic) bond motifs is 3. The van der Waals surface area contributed by atoms with Crippen LogP contribution in [0.2, 0.25) is 10.0 Å². The van der Waals surface area contributed by atoms with E-state index in [1.165, 1.54) is 0 Å². The molecule has 0 aromatic heterocycles. The molecule has 0 fully saturated rings. The summed E-state index contributed by atoms with van der Waals surface area (Å²) in [7, 11) is 1.66. The zero-order valence-electron chi connectivity index (χ0n) is 14.6. The maximum atomic E-state index is 12.8. The minimum Gasteiger partial charge on any atom is -0.478 e. The number of methoxy groups -OCH3 is 1. The average Bonchev–Trinajstić information content (AvgIpc) is 2.99. The Balaban J connectivity index is 1.68. The van der Waals surface area contributed by atoms with Gasteiger partial charge < -0.3 is 14.2 Å². The van der Waals surface area contributed by atoms with Crippen LogP contribution >= 0.6 is 23.2 Å². The minimum absolute atomic E-state index is 0.196. The van der Waals surface area contributed by atoms with Crippen LogP contribution in [0, 0.1) is 0 Å². The Morgan fingerprint density at radius 2 is 2.00 bits per heavy atom. The number of nitrogens with zero attached hydrogens (tertiary/aromatic N) is 1. The molecule has 2 aromatic rings. The smallest absolute Gasteiger partial charge is 0.231 e. The second kappa shape index (κ2) is 7.52. The predicted molar refractivity (Wildman–Crippen MR) is 104 cm³/mol. The van der Waals surface area contributed by atoms with Gasteiger partial charge >= 0.3 is 0 Å². The van der Waals surface area contributed by atoms with Gasteiger partial charge in [0.2, 0.25) is 5.78 Å². The monoisotopic (exact) mass is 405 g/mol. The number of ketones is 1. The van der Waals surface area contributed by atoms with Gasteiger partial charge in [-0.1, -0.05) is 29.3 Å². The maximum absolute atomic E-state index is 12.8. The zero-order valence-corrected chi connectivity index (χ0v) is 16.1. The van der Waals surface area contributed by atoms with Crippen molar-refractivity contribution in [2.45, 2.75) is 6.54 Å².